The van der Waals surface area contributed by atoms with Crippen LogP contribution in [0.5, 0.6) is 0 Å². The molecule has 0 aliphatic heterocycles. The Morgan fingerprint density at radius 3 is 2.64 bits per heavy atom. The summed E-state index contributed by atoms with van der Waals surface area (Å²) in [6, 6.07) is 3.17. The molecule has 11 heavy (non-hydrogen) atoms. The smallest absolute Gasteiger partial charge is 0.130 e. The van der Waals surface area contributed by atoms with Crippen molar-refractivity contribution in [1.29, 1.82) is 0 Å². The first-order chi connectivity index (χ1) is 5.15. The van der Waals surface area contributed by atoms with Gasteiger partial charge in [-0.25, -0.2) is 4.39 Å². The van der Waals surface area contributed by atoms with E-state index in [1.807, 2.05) is 0 Å². The number of aliphatic hydroxyl groups excluding tert-OH is 1. The van der Waals surface area contributed by atoms with Crippen molar-refractivity contribution in [3.05, 3.63) is 33.5 Å². The standard InChI is InChI=1S/C8H8BrFO/c1-5-2-7(9)6(4-11)8(10)3-5/h2-3,11H,4H2,1H3. The van der Waals surface area contributed by atoms with Crippen LogP contribution in [0.3, 0.4) is 0 Å². The van der Waals surface area contributed by atoms with Crippen LogP contribution in [0.4, 0.5) is 4.39 Å². The Morgan fingerprint density at radius 1 is 1.55 bits per heavy atom. The van der Waals surface area contributed by atoms with Gasteiger partial charge in [0.05, 0.1) is 6.61 Å². The second kappa shape index (κ2) is 3.32. The van der Waals surface area contributed by atoms with Gasteiger partial charge in [0, 0.05) is 10.0 Å². The molecule has 0 saturated heterocycles. The SMILES string of the molecule is Cc1cc(F)c(CO)c(Br)c1. The van der Waals surface area contributed by atoms with Gasteiger partial charge in [0.25, 0.3) is 0 Å². The van der Waals surface area contributed by atoms with Crippen LogP contribution in [-0.2, 0) is 6.61 Å². The largest absolute Gasteiger partial charge is 0.392 e. The maximum absolute atomic E-state index is 12.9. The molecule has 0 saturated carbocycles. The van der Waals surface area contributed by atoms with Crippen LogP contribution < -0.4 is 0 Å². The lowest BCUT2D eigenvalue weighted by Crippen LogP contribution is -1.92. The highest BCUT2D eigenvalue weighted by molar-refractivity contribution is 9.10. The zero-order valence-electron chi connectivity index (χ0n) is 6.06. The van der Waals surface area contributed by atoms with Crippen LogP contribution in [0.2, 0.25) is 0 Å². The number of benzene rings is 1. The Hall–Kier alpha value is -0.410. The maximum atomic E-state index is 12.9. The molecule has 0 amide bonds. The third kappa shape index (κ3) is 1.79. The van der Waals surface area contributed by atoms with Crippen molar-refractivity contribution >= 4 is 15.9 Å². The summed E-state index contributed by atoms with van der Waals surface area (Å²) in [5.41, 5.74) is 1.15. The van der Waals surface area contributed by atoms with Gasteiger partial charge in [-0.1, -0.05) is 15.9 Å². The van der Waals surface area contributed by atoms with Crippen molar-refractivity contribution in [1.82, 2.24) is 0 Å². The van der Waals surface area contributed by atoms with E-state index in [9.17, 15) is 4.39 Å². The number of rotatable bonds is 1. The summed E-state index contributed by atoms with van der Waals surface area (Å²) in [4.78, 5) is 0. The Kier molecular flexibility index (Phi) is 2.62. The second-order valence-corrected chi connectivity index (χ2v) is 3.22. The highest BCUT2D eigenvalue weighted by Gasteiger charge is 2.05. The van der Waals surface area contributed by atoms with Crippen molar-refractivity contribution in [3.63, 3.8) is 0 Å². The number of aliphatic hydroxyl groups is 1. The van der Waals surface area contributed by atoms with E-state index >= 15 is 0 Å². The van der Waals surface area contributed by atoms with Crippen molar-refractivity contribution in [3.8, 4) is 0 Å². The van der Waals surface area contributed by atoms with Gasteiger partial charge in [0.15, 0.2) is 0 Å². The zero-order chi connectivity index (χ0) is 8.43. The van der Waals surface area contributed by atoms with Crippen LogP contribution in [0.15, 0.2) is 16.6 Å². The molecule has 0 radical (unpaired) electrons. The van der Waals surface area contributed by atoms with Gasteiger partial charge >= 0.3 is 0 Å². The van der Waals surface area contributed by atoms with Crippen LogP contribution in [-0.4, -0.2) is 5.11 Å². The first kappa shape index (κ1) is 8.68. The predicted octanol–water partition coefficient (Wildman–Crippen LogP) is 2.39. The van der Waals surface area contributed by atoms with Crippen molar-refractivity contribution in [2.45, 2.75) is 13.5 Å². The molecule has 0 atom stereocenters. The molecule has 0 fully saturated rings. The Balaban J connectivity index is 3.25. The summed E-state index contributed by atoms with van der Waals surface area (Å²) in [6.07, 6.45) is 0. The molecular formula is C8H8BrFO. The molecule has 60 valence electrons. The normalized spacial score (nSPS) is 10.2. The maximum Gasteiger partial charge on any atom is 0.130 e. The van der Waals surface area contributed by atoms with Gasteiger partial charge in [0.1, 0.15) is 5.82 Å². The Bertz CT molecular complexity index is 250. The summed E-state index contributed by atoms with van der Waals surface area (Å²) in [7, 11) is 0. The highest BCUT2D eigenvalue weighted by Crippen LogP contribution is 2.21. The van der Waals surface area contributed by atoms with E-state index < -0.39 is 0 Å². The third-order valence-corrected chi connectivity index (χ3v) is 2.15. The number of hydrogen-bond acceptors (Lipinski definition) is 1. The fraction of sp³-hybridized carbons (Fsp3) is 0.250. The van der Waals surface area contributed by atoms with E-state index in [4.69, 9.17) is 5.11 Å². The quantitative estimate of drug-likeness (QED) is 0.768. The zero-order valence-corrected chi connectivity index (χ0v) is 7.65. The van der Waals surface area contributed by atoms with Crippen LogP contribution in [0.25, 0.3) is 0 Å². The predicted molar refractivity (Wildman–Crippen MR) is 44.8 cm³/mol. The molecule has 1 aromatic carbocycles. The lowest BCUT2D eigenvalue weighted by atomic mass is 10.1. The molecule has 1 rings (SSSR count). The topological polar surface area (TPSA) is 20.2 Å². The Labute approximate surface area is 73.0 Å². The van der Waals surface area contributed by atoms with E-state index in [2.05, 4.69) is 15.9 Å². The van der Waals surface area contributed by atoms with Gasteiger partial charge in [-0.05, 0) is 24.6 Å². The lowest BCUT2D eigenvalue weighted by molar-refractivity contribution is 0.275. The summed E-state index contributed by atoms with van der Waals surface area (Å²) >= 11 is 3.16. The minimum atomic E-state index is -0.362. The monoisotopic (exact) mass is 218 g/mol. The summed E-state index contributed by atoms with van der Waals surface area (Å²) in [6.45, 7) is 1.53. The molecule has 0 aliphatic carbocycles. The van der Waals surface area contributed by atoms with Gasteiger partial charge in [-0.2, -0.15) is 0 Å². The van der Waals surface area contributed by atoms with E-state index in [1.165, 1.54) is 6.07 Å². The summed E-state index contributed by atoms with van der Waals surface area (Å²) in [5.74, 6) is -0.362. The van der Waals surface area contributed by atoms with Gasteiger partial charge in [0.2, 0.25) is 0 Å². The molecule has 0 spiro atoms. The fourth-order valence-corrected chi connectivity index (χ4v) is 1.56. The molecule has 0 heterocycles. The van der Waals surface area contributed by atoms with Crippen molar-refractivity contribution in [2.24, 2.45) is 0 Å². The van der Waals surface area contributed by atoms with Gasteiger partial charge in [-0.3, -0.25) is 0 Å². The van der Waals surface area contributed by atoms with Crippen molar-refractivity contribution < 1.29 is 9.50 Å². The van der Waals surface area contributed by atoms with Crippen LogP contribution in [0.1, 0.15) is 11.1 Å². The fourth-order valence-electron chi connectivity index (χ4n) is 0.881. The third-order valence-electron chi connectivity index (χ3n) is 1.44. The first-order valence-electron chi connectivity index (χ1n) is 3.20. The minimum Gasteiger partial charge on any atom is -0.392 e. The molecule has 0 aromatic heterocycles. The Morgan fingerprint density at radius 2 is 2.18 bits per heavy atom. The molecule has 0 bridgehead atoms. The van der Waals surface area contributed by atoms with Gasteiger partial charge in [-0.15, -0.1) is 0 Å². The summed E-state index contributed by atoms with van der Waals surface area (Å²) in [5, 5.41) is 8.72. The molecule has 3 heteroatoms. The van der Waals surface area contributed by atoms with Crippen molar-refractivity contribution in [2.75, 3.05) is 0 Å². The van der Waals surface area contributed by atoms with Crippen LogP contribution in [0, 0.1) is 12.7 Å². The lowest BCUT2D eigenvalue weighted by Gasteiger charge is -2.03. The number of aryl methyl sites for hydroxylation is 1. The van der Waals surface area contributed by atoms with Crippen LogP contribution >= 0.6 is 15.9 Å². The number of hydrogen-bond donors (Lipinski definition) is 1. The molecule has 1 aromatic rings. The molecule has 0 unspecified atom stereocenters. The number of halogens is 2. The van der Waals surface area contributed by atoms with Gasteiger partial charge < -0.3 is 5.11 Å². The molecular weight excluding hydrogens is 211 g/mol. The van der Waals surface area contributed by atoms with E-state index in [-0.39, 0.29) is 12.4 Å². The van der Waals surface area contributed by atoms with E-state index in [0.717, 1.165) is 5.56 Å². The van der Waals surface area contributed by atoms with E-state index in [0.29, 0.717) is 10.0 Å². The average molecular weight is 219 g/mol. The minimum absolute atomic E-state index is 0.271. The molecule has 1 N–H and O–H groups in total. The molecule has 1 nitrogen and oxygen atoms in total. The van der Waals surface area contributed by atoms with E-state index in [1.54, 1.807) is 13.0 Å². The second-order valence-electron chi connectivity index (χ2n) is 2.37. The highest BCUT2D eigenvalue weighted by atomic mass is 79.9. The average Bonchev–Trinajstić information content (AvgIpc) is 1.85. The molecule has 0 aliphatic rings. The summed E-state index contributed by atoms with van der Waals surface area (Å²) < 4.78 is 13.5. The first-order valence-corrected chi connectivity index (χ1v) is 4.00.